The van der Waals surface area contributed by atoms with Crippen LogP contribution >= 0.6 is 0 Å². The zero-order valence-electron chi connectivity index (χ0n) is 27.0. The molecule has 4 aromatic rings. The summed E-state index contributed by atoms with van der Waals surface area (Å²) < 4.78 is 86.0. The highest BCUT2D eigenvalue weighted by Crippen LogP contribution is 2.40. The Morgan fingerprint density at radius 3 is 2.79 bits per heavy atom. The maximum Gasteiger partial charge on any atom is 0.319 e. The van der Waals surface area contributed by atoms with Crippen molar-refractivity contribution in [3.8, 4) is 17.4 Å². The summed E-state index contributed by atoms with van der Waals surface area (Å²) in [6.07, 6.45) is 1.47. The third kappa shape index (κ3) is 4.33. The number of ether oxygens (including phenoxy) is 1. The van der Waals surface area contributed by atoms with Crippen LogP contribution in [0.1, 0.15) is 37.6 Å². The third-order valence-corrected chi connectivity index (χ3v) is 9.09. The number of phenolic OH excluding ortho intramolecular Hbond substituents is 1. The second-order valence-electron chi connectivity index (χ2n) is 11.9. The average Bonchev–Trinajstić information content (AvgIpc) is 3.64. The van der Waals surface area contributed by atoms with Crippen molar-refractivity contribution < 1.29 is 28.5 Å². The molecule has 12 heteroatoms. The van der Waals surface area contributed by atoms with Crippen LogP contribution in [0, 0.1) is 11.6 Å². The Morgan fingerprint density at radius 2 is 1.98 bits per heavy atom. The predicted molar refractivity (Wildman–Crippen MR) is 155 cm³/mol. The number of aromatic hydroxyl groups is 1. The summed E-state index contributed by atoms with van der Waals surface area (Å²) in [4.78, 5) is 26.3. The van der Waals surface area contributed by atoms with E-state index in [2.05, 4.69) is 15.3 Å². The minimum absolute atomic E-state index is 0.00544. The molecular formula is C31H31F3N6O3. The number of phenols is 1. The molecule has 4 saturated heterocycles. The SMILES string of the molecule is [2H]C1([2H])CC[C@@]2(C([2H])([2H])Oc3nc(N4C[C@H]5CC[C@@H](C4)N5)c4ccn(-c5cc(O)cc6ccc(F)c(F)c56)c(=O)c4n3)C[C@@H](F)CN12. The maximum absolute atomic E-state index is 15.2. The number of nitrogens with one attached hydrogen (secondary N) is 1. The number of piperazine rings is 1. The minimum atomic E-state index is -2.67. The molecule has 4 atom stereocenters. The highest BCUT2D eigenvalue weighted by molar-refractivity contribution is 5.94. The molecule has 224 valence electrons. The minimum Gasteiger partial charge on any atom is -0.508 e. The van der Waals surface area contributed by atoms with E-state index in [9.17, 15) is 18.7 Å². The molecular weight excluding hydrogens is 561 g/mol. The lowest BCUT2D eigenvalue weighted by Gasteiger charge is -2.34. The van der Waals surface area contributed by atoms with Gasteiger partial charge in [0.1, 0.15) is 29.8 Å². The van der Waals surface area contributed by atoms with Crippen LogP contribution in [-0.4, -0.2) is 81.0 Å². The Labute approximate surface area is 250 Å². The van der Waals surface area contributed by atoms with Crippen molar-refractivity contribution in [3.05, 3.63) is 58.5 Å². The summed E-state index contributed by atoms with van der Waals surface area (Å²) in [5.74, 6) is -2.32. The van der Waals surface area contributed by atoms with Crippen molar-refractivity contribution in [1.82, 2.24) is 24.8 Å². The monoisotopic (exact) mass is 596 g/mol. The molecule has 0 unspecified atom stereocenters. The third-order valence-electron chi connectivity index (χ3n) is 9.09. The molecule has 0 aliphatic carbocycles. The quantitative estimate of drug-likeness (QED) is 0.359. The van der Waals surface area contributed by atoms with Gasteiger partial charge in [0.2, 0.25) is 0 Å². The van der Waals surface area contributed by atoms with E-state index in [1.807, 2.05) is 4.90 Å². The Balaban J connectivity index is 1.30. The Kier molecular flexibility index (Phi) is 5.16. The molecule has 0 radical (unpaired) electrons. The molecule has 2 aromatic heterocycles. The van der Waals surface area contributed by atoms with E-state index in [0.717, 1.165) is 29.5 Å². The Bertz CT molecular complexity index is 2010. The van der Waals surface area contributed by atoms with E-state index >= 15 is 4.39 Å². The topological polar surface area (TPSA) is 95.8 Å². The van der Waals surface area contributed by atoms with Crippen LogP contribution in [-0.2, 0) is 0 Å². The van der Waals surface area contributed by atoms with Crippen LogP contribution in [0.5, 0.6) is 11.8 Å². The molecule has 0 amide bonds. The highest BCUT2D eigenvalue weighted by Gasteiger charge is 2.49. The van der Waals surface area contributed by atoms with E-state index in [4.69, 9.17) is 10.2 Å². The maximum atomic E-state index is 15.2. The fraction of sp³-hybridized carbons (Fsp3) is 0.452. The van der Waals surface area contributed by atoms with Gasteiger partial charge in [-0.1, -0.05) is 6.07 Å². The zero-order chi connectivity index (χ0) is 33.0. The number of hydrogen-bond donors (Lipinski definition) is 2. The van der Waals surface area contributed by atoms with Gasteiger partial charge in [0.05, 0.1) is 19.4 Å². The first-order valence-corrected chi connectivity index (χ1v) is 14.4. The molecule has 4 aliphatic rings. The molecule has 8 rings (SSSR count). The molecule has 4 fully saturated rings. The van der Waals surface area contributed by atoms with E-state index < -0.39 is 48.0 Å². The zero-order valence-corrected chi connectivity index (χ0v) is 23.0. The highest BCUT2D eigenvalue weighted by atomic mass is 19.2. The van der Waals surface area contributed by atoms with Gasteiger partial charge >= 0.3 is 6.01 Å². The van der Waals surface area contributed by atoms with E-state index in [1.54, 1.807) is 6.07 Å². The lowest BCUT2D eigenvalue weighted by Crippen LogP contribution is -2.51. The van der Waals surface area contributed by atoms with Crippen LogP contribution in [0.25, 0.3) is 27.4 Å². The molecule has 2 bridgehead atoms. The summed E-state index contributed by atoms with van der Waals surface area (Å²) in [5, 5.41) is 14.2. The molecule has 0 saturated carbocycles. The normalized spacial score (nSPS) is 29.8. The number of fused-ring (bicyclic) bond motifs is 5. The molecule has 2 aromatic carbocycles. The molecule has 4 aliphatic heterocycles. The number of pyridine rings is 1. The molecule has 0 spiro atoms. The van der Waals surface area contributed by atoms with E-state index in [0.29, 0.717) is 24.3 Å². The first kappa shape index (κ1) is 22.6. The van der Waals surface area contributed by atoms with E-state index in [-0.39, 0.29) is 65.6 Å². The predicted octanol–water partition coefficient (Wildman–Crippen LogP) is 3.81. The van der Waals surface area contributed by atoms with Gasteiger partial charge < -0.3 is 20.1 Å². The second-order valence-corrected chi connectivity index (χ2v) is 11.9. The second kappa shape index (κ2) is 9.81. The van der Waals surface area contributed by atoms with Gasteiger partial charge in [-0.05, 0) is 55.8 Å². The van der Waals surface area contributed by atoms with Gasteiger partial charge in [-0.3, -0.25) is 14.3 Å². The molecule has 9 nitrogen and oxygen atoms in total. The lowest BCUT2D eigenvalue weighted by atomic mass is 9.95. The number of alkyl halides is 1. The van der Waals surface area contributed by atoms with E-state index in [1.165, 1.54) is 23.2 Å². The summed E-state index contributed by atoms with van der Waals surface area (Å²) in [6, 6.07) is 5.99. The van der Waals surface area contributed by atoms with Crippen LogP contribution in [0.15, 0.2) is 41.3 Å². The van der Waals surface area contributed by atoms with Crippen molar-refractivity contribution in [3.63, 3.8) is 0 Å². The van der Waals surface area contributed by atoms with Crippen LogP contribution < -0.4 is 20.5 Å². The largest absolute Gasteiger partial charge is 0.508 e. The van der Waals surface area contributed by atoms with Crippen molar-refractivity contribution in [2.24, 2.45) is 0 Å². The fourth-order valence-electron chi connectivity index (χ4n) is 7.13. The number of rotatable bonds is 5. The standard InChI is InChI=1S/C31H31F3N6O3/c32-18-12-31(7-1-8-39(31)13-18)16-43-30-36-27-22(28(37-30)38-14-19-3-4-20(15-38)35-19)6-9-40(29(27)42)24-11-21(41)10-17-2-5-23(33)26(34)25(17)24/h2,5-6,9-11,18-20,35,41H,1,3-4,7-8,12-16H2/t18-,19-,20+,31+/m1/s1/i8D2,16D2. The van der Waals surface area contributed by atoms with Crippen LogP contribution in [0.2, 0.25) is 0 Å². The van der Waals surface area contributed by atoms with Gasteiger partial charge in [-0.15, -0.1) is 0 Å². The number of halogens is 3. The van der Waals surface area contributed by atoms with Gasteiger partial charge in [0.15, 0.2) is 11.6 Å². The summed E-state index contributed by atoms with van der Waals surface area (Å²) in [5.41, 5.74) is -2.76. The fourth-order valence-corrected chi connectivity index (χ4v) is 7.13. The summed E-state index contributed by atoms with van der Waals surface area (Å²) >= 11 is 0. The van der Waals surface area contributed by atoms with Gasteiger partial charge in [-0.2, -0.15) is 9.97 Å². The smallest absolute Gasteiger partial charge is 0.319 e. The van der Waals surface area contributed by atoms with Crippen molar-refractivity contribution >= 4 is 27.5 Å². The first-order chi connectivity index (χ1) is 22.3. The number of aromatic nitrogens is 3. The number of nitrogens with zero attached hydrogens (tertiary/aromatic N) is 5. The summed E-state index contributed by atoms with van der Waals surface area (Å²) in [7, 11) is 0. The molecule has 6 heterocycles. The average molecular weight is 597 g/mol. The van der Waals surface area contributed by atoms with Gasteiger partial charge in [0.25, 0.3) is 5.56 Å². The first-order valence-electron chi connectivity index (χ1n) is 16.4. The van der Waals surface area contributed by atoms with Crippen molar-refractivity contribution in [2.45, 2.75) is 55.9 Å². The van der Waals surface area contributed by atoms with Crippen LogP contribution in [0.4, 0.5) is 19.0 Å². The number of hydrogen-bond acceptors (Lipinski definition) is 8. The molecule has 2 N–H and O–H groups in total. The van der Waals surface area contributed by atoms with Crippen molar-refractivity contribution in [1.29, 1.82) is 0 Å². The lowest BCUT2D eigenvalue weighted by molar-refractivity contribution is 0.107. The van der Waals surface area contributed by atoms with Crippen molar-refractivity contribution in [2.75, 3.05) is 37.6 Å². The Morgan fingerprint density at radius 1 is 1.16 bits per heavy atom. The number of anilines is 1. The molecule has 43 heavy (non-hydrogen) atoms. The summed E-state index contributed by atoms with van der Waals surface area (Å²) in [6.45, 7) is -3.81. The van der Waals surface area contributed by atoms with Gasteiger partial charge in [0, 0.05) is 58.5 Å². The van der Waals surface area contributed by atoms with Gasteiger partial charge in [-0.25, -0.2) is 13.2 Å². The van der Waals surface area contributed by atoms with Crippen LogP contribution in [0.3, 0.4) is 0 Å². The number of benzene rings is 2. The Hall–Kier alpha value is -3.90.